The highest BCUT2D eigenvalue weighted by Crippen LogP contribution is 2.73. The zero-order valence-corrected chi connectivity index (χ0v) is 36.4. The fraction of sp³-hybridized carbons (Fsp3) is 0.927. The first-order valence-electron chi connectivity index (χ1n) is 21.9. The van der Waals surface area contributed by atoms with Gasteiger partial charge in [-0.1, -0.05) is 19.9 Å². The molecule has 21 nitrogen and oxygen atoms in total. The molecule has 0 aromatic rings. The second kappa shape index (κ2) is 18.5. The Labute approximate surface area is 365 Å². The van der Waals surface area contributed by atoms with Crippen LogP contribution in [0.3, 0.4) is 0 Å². The molecule has 4 saturated carbocycles. The van der Waals surface area contributed by atoms with Crippen LogP contribution in [0.4, 0.5) is 0 Å². The molecule has 63 heavy (non-hydrogen) atoms. The molecule has 0 unspecified atom stereocenters. The molecule has 2 bridgehead atoms. The fourth-order valence-corrected chi connectivity index (χ4v) is 13.2. The maximum absolute atomic E-state index is 13.8. The van der Waals surface area contributed by atoms with Crippen LogP contribution in [0.15, 0.2) is 12.2 Å². The standard InChI is InChI=1S/C41H66O21S/c1-19-14-40-10-6-23-38(2,8-4-9-39(23,3)37(52)56-12-5-13-63(53,54)55)24(40)7-11-41(19,18-40)62-36-33(61-35-30(50)28(48)26(46)21(16-43)58-35)31(51)32(22(17-44)59-36)60-34-29(49)27(47)25(45)20(15-42)57-34/h20-36,42-51H,1,4-18H2,2-3H3,(H,53,54,55)/t20-,21-,22-,23-,24-,25+,26+,27-,28-,29-,30-,31-,32+,33-,34-,35-,36-,38+,39+,40+,41-/m0/s1. The molecule has 7 fully saturated rings. The Morgan fingerprint density at radius 1 is 0.714 bits per heavy atom. The topological polar surface area (TPSA) is 338 Å². The Balaban J connectivity index is 1.14. The quantitative estimate of drug-likeness (QED) is 0.0279. The van der Waals surface area contributed by atoms with Crippen molar-refractivity contribution in [3.05, 3.63) is 12.2 Å². The monoisotopic (exact) mass is 926 g/mol. The Hall–Kier alpha value is -1.52. The molecule has 11 N–H and O–H groups in total. The van der Waals surface area contributed by atoms with Gasteiger partial charge in [0.25, 0.3) is 10.1 Å². The predicted molar refractivity (Wildman–Crippen MR) is 211 cm³/mol. The van der Waals surface area contributed by atoms with Crippen molar-refractivity contribution in [3.8, 4) is 0 Å². The van der Waals surface area contributed by atoms with E-state index in [2.05, 4.69) is 13.5 Å². The average Bonchev–Trinajstić information content (AvgIpc) is 3.43. The Kier molecular flexibility index (Phi) is 14.5. The lowest BCUT2D eigenvalue weighted by Gasteiger charge is -2.64. The van der Waals surface area contributed by atoms with Crippen molar-refractivity contribution in [1.29, 1.82) is 0 Å². The lowest BCUT2D eigenvalue weighted by Crippen LogP contribution is -2.67. The Morgan fingerprint density at radius 3 is 1.84 bits per heavy atom. The van der Waals surface area contributed by atoms with Gasteiger partial charge in [0.05, 0.1) is 43.2 Å². The summed E-state index contributed by atoms with van der Waals surface area (Å²) in [5, 5.41) is 106. The van der Waals surface area contributed by atoms with Crippen molar-refractivity contribution in [2.75, 3.05) is 32.2 Å². The summed E-state index contributed by atoms with van der Waals surface area (Å²) < 4.78 is 73.7. The third-order valence-corrected chi connectivity index (χ3v) is 16.6. The summed E-state index contributed by atoms with van der Waals surface area (Å²) in [6.45, 7) is 6.14. The first-order valence-corrected chi connectivity index (χ1v) is 23.5. The minimum atomic E-state index is -4.20. The maximum Gasteiger partial charge on any atom is 0.312 e. The third kappa shape index (κ3) is 8.90. The van der Waals surface area contributed by atoms with Crippen LogP contribution in [0.5, 0.6) is 0 Å². The van der Waals surface area contributed by atoms with E-state index in [0.29, 0.717) is 44.9 Å². The average molecular weight is 927 g/mol. The van der Waals surface area contributed by atoms with Crippen molar-refractivity contribution in [3.63, 3.8) is 0 Å². The highest BCUT2D eigenvalue weighted by Gasteiger charge is 2.69. The minimum absolute atomic E-state index is 0.0281. The molecule has 4 aliphatic carbocycles. The van der Waals surface area contributed by atoms with Gasteiger partial charge in [-0.2, -0.15) is 8.42 Å². The molecule has 0 radical (unpaired) electrons. The molecule has 7 rings (SSSR count). The van der Waals surface area contributed by atoms with Crippen LogP contribution in [0.2, 0.25) is 0 Å². The van der Waals surface area contributed by atoms with Crippen molar-refractivity contribution >= 4 is 16.1 Å². The number of hydrogen-bond donors (Lipinski definition) is 11. The molecule has 3 aliphatic heterocycles. The Bertz CT molecular complexity index is 1750. The second-order valence-corrected chi connectivity index (χ2v) is 21.1. The third-order valence-electron chi connectivity index (χ3n) is 15.8. The minimum Gasteiger partial charge on any atom is -0.465 e. The number of carbonyl (C=O) groups is 1. The van der Waals surface area contributed by atoms with Crippen LogP contribution < -0.4 is 0 Å². The molecule has 362 valence electrons. The van der Waals surface area contributed by atoms with E-state index in [1.165, 1.54) is 0 Å². The highest BCUT2D eigenvalue weighted by molar-refractivity contribution is 7.85. The summed E-state index contributed by atoms with van der Waals surface area (Å²) in [4.78, 5) is 13.8. The number of carbonyl (C=O) groups excluding carboxylic acids is 1. The van der Waals surface area contributed by atoms with Gasteiger partial charge in [-0.05, 0) is 93.0 Å². The first-order chi connectivity index (χ1) is 29.6. The van der Waals surface area contributed by atoms with Crippen molar-refractivity contribution < 1.29 is 102 Å². The van der Waals surface area contributed by atoms with E-state index in [-0.39, 0.29) is 41.7 Å². The summed E-state index contributed by atoms with van der Waals surface area (Å²) in [5.41, 5.74) is -1.80. The smallest absolute Gasteiger partial charge is 0.312 e. The molecule has 21 atom stereocenters. The van der Waals surface area contributed by atoms with Gasteiger partial charge < -0.3 is 84.2 Å². The normalized spacial score (nSPS) is 50.1. The summed E-state index contributed by atoms with van der Waals surface area (Å²) in [6, 6.07) is 0. The summed E-state index contributed by atoms with van der Waals surface area (Å²) in [7, 11) is -4.20. The van der Waals surface area contributed by atoms with E-state index in [4.69, 9.17) is 37.7 Å². The van der Waals surface area contributed by atoms with Gasteiger partial charge in [-0.15, -0.1) is 0 Å². The highest BCUT2D eigenvalue weighted by atomic mass is 32.2. The predicted octanol–water partition coefficient (Wildman–Crippen LogP) is -2.64. The lowest BCUT2D eigenvalue weighted by atomic mass is 9.41. The van der Waals surface area contributed by atoms with Crippen molar-refractivity contribution in [2.45, 2.75) is 176 Å². The van der Waals surface area contributed by atoms with E-state index in [9.17, 15) is 64.3 Å². The van der Waals surface area contributed by atoms with Crippen LogP contribution >= 0.6 is 0 Å². The van der Waals surface area contributed by atoms with Gasteiger partial charge in [0.15, 0.2) is 18.9 Å². The van der Waals surface area contributed by atoms with Gasteiger partial charge in [-0.3, -0.25) is 9.35 Å². The first kappa shape index (κ1) is 49.4. The number of fused-ring (bicyclic) bond motifs is 3. The van der Waals surface area contributed by atoms with E-state index < -0.39 is 139 Å². The van der Waals surface area contributed by atoms with E-state index in [1.54, 1.807) is 0 Å². The molecule has 0 aromatic carbocycles. The van der Waals surface area contributed by atoms with Gasteiger partial charge in [0.2, 0.25) is 0 Å². The Morgan fingerprint density at radius 2 is 1.27 bits per heavy atom. The summed E-state index contributed by atoms with van der Waals surface area (Å²) >= 11 is 0. The number of aliphatic hydroxyl groups is 10. The molecule has 0 aromatic heterocycles. The van der Waals surface area contributed by atoms with Crippen molar-refractivity contribution in [1.82, 2.24) is 0 Å². The number of aliphatic hydroxyl groups excluding tert-OH is 10. The summed E-state index contributed by atoms with van der Waals surface area (Å²) in [6.07, 6.45) is -19.8. The van der Waals surface area contributed by atoms with Gasteiger partial charge in [0.1, 0.15) is 73.2 Å². The van der Waals surface area contributed by atoms with Crippen LogP contribution in [0.1, 0.15) is 78.1 Å². The van der Waals surface area contributed by atoms with E-state index >= 15 is 0 Å². The molecular weight excluding hydrogens is 860 g/mol. The molecule has 22 heteroatoms. The molecule has 3 heterocycles. The lowest BCUT2D eigenvalue weighted by molar-refractivity contribution is -0.395. The van der Waals surface area contributed by atoms with Gasteiger partial charge in [-0.25, -0.2) is 0 Å². The van der Waals surface area contributed by atoms with Crippen LogP contribution in [-0.4, -0.2) is 200 Å². The molecule has 0 amide bonds. The number of esters is 1. The van der Waals surface area contributed by atoms with E-state index in [1.807, 2.05) is 6.92 Å². The molecule has 3 saturated heterocycles. The molecule has 1 spiro atoms. The number of rotatable bonds is 14. The molecular formula is C41H66O21S. The second-order valence-electron chi connectivity index (χ2n) is 19.5. The largest absolute Gasteiger partial charge is 0.465 e. The van der Waals surface area contributed by atoms with Gasteiger partial charge in [0, 0.05) is 0 Å². The zero-order chi connectivity index (χ0) is 46.0. The number of ether oxygens (including phenoxy) is 7. The van der Waals surface area contributed by atoms with Crippen LogP contribution in [0.25, 0.3) is 0 Å². The maximum atomic E-state index is 13.8. The van der Waals surface area contributed by atoms with E-state index in [0.717, 1.165) is 18.4 Å². The van der Waals surface area contributed by atoms with Gasteiger partial charge >= 0.3 is 5.97 Å². The van der Waals surface area contributed by atoms with Crippen LogP contribution in [0, 0.1) is 28.1 Å². The fourth-order valence-electron chi connectivity index (χ4n) is 12.7. The molecule has 7 aliphatic rings. The zero-order valence-electron chi connectivity index (χ0n) is 35.5. The van der Waals surface area contributed by atoms with Crippen LogP contribution in [-0.2, 0) is 48.1 Å². The summed E-state index contributed by atoms with van der Waals surface area (Å²) in [5.74, 6) is -0.837. The number of hydrogen-bond acceptors (Lipinski definition) is 20. The van der Waals surface area contributed by atoms with Crippen molar-refractivity contribution in [2.24, 2.45) is 28.1 Å². The SMILES string of the molecule is C=C1C[C@@]23CC[C@H]4[C@@](C)(CCC[C@@]4(C)C(=O)OCCCS(=O)(=O)O)[C@@H]2CC[C@]1(O[C@@H]1O[C@@H](CO)[C@@H](O[C@@H]2O[C@@H](CO)[C@@H](O)[C@H](O)[C@@H]2O)[C@H](O)[C@@H]1O[C@@H]1O[C@@H](CO)[C@@H](O)[C@H](O)[C@@H]1O)C3.